The molecule has 6 aromatic rings. The second kappa shape index (κ2) is 16.6. The van der Waals surface area contributed by atoms with E-state index in [1.807, 2.05) is 55.7 Å². The summed E-state index contributed by atoms with van der Waals surface area (Å²) in [7, 11) is 1.91. The van der Waals surface area contributed by atoms with Crippen LogP contribution in [0.5, 0.6) is 5.88 Å². The Morgan fingerprint density at radius 3 is 2.66 bits per heavy atom. The van der Waals surface area contributed by atoms with E-state index in [9.17, 15) is 9.18 Å². The number of hydrogen-bond donors (Lipinski definition) is 3. The van der Waals surface area contributed by atoms with Crippen LogP contribution < -0.4 is 10.1 Å². The van der Waals surface area contributed by atoms with E-state index in [1.165, 1.54) is 18.1 Å². The number of H-pyrrole nitrogens is 2. The molecule has 2 aliphatic rings. The summed E-state index contributed by atoms with van der Waals surface area (Å²) in [6, 6.07) is 23.9. The number of hydrogen-bond acceptors (Lipinski definition) is 7. The topological polar surface area (TPSA) is 108 Å². The number of nitrogens with zero attached hydrogens (tertiary/aromatic N) is 3. The van der Waals surface area contributed by atoms with Gasteiger partial charge in [0.1, 0.15) is 24.5 Å². The smallest absolute Gasteiger partial charge is 0.214 e. The molecule has 50 heavy (non-hydrogen) atoms. The highest BCUT2D eigenvalue weighted by atomic mass is 35.5. The molecule has 9 nitrogen and oxygen atoms in total. The molecular weight excluding hydrogens is 655 g/mol. The van der Waals surface area contributed by atoms with Crippen LogP contribution in [0.1, 0.15) is 47.2 Å². The van der Waals surface area contributed by atoms with E-state index in [0.29, 0.717) is 22.6 Å². The van der Waals surface area contributed by atoms with Crippen LogP contribution in [0, 0.1) is 5.82 Å². The Bertz CT molecular complexity index is 2090. The summed E-state index contributed by atoms with van der Waals surface area (Å²) in [4.78, 5) is 28.5. The summed E-state index contributed by atoms with van der Waals surface area (Å²) >= 11 is 5.82. The number of fused-ring (bicyclic) bond motifs is 2. The number of aromatic amines is 2. The van der Waals surface area contributed by atoms with Crippen molar-refractivity contribution in [3.63, 3.8) is 0 Å². The summed E-state index contributed by atoms with van der Waals surface area (Å²) in [5.74, 6) is 1.05. The van der Waals surface area contributed by atoms with Gasteiger partial charge >= 0.3 is 0 Å². The number of anilines is 1. The first kappa shape index (κ1) is 34.8. The first-order valence-corrected chi connectivity index (χ1v) is 17.0. The molecule has 258 valence electrons. The highest BCUT2D eigenvalue weighted by Crippen LogP contribution is 2.25. The van der Waals surface area contributed by atoms with Gasteiger partial charge in [0.05, 0.1) is 29.4 Å². The SMILES string of the molecule is CNc1ccc2nc(CN3CC=C(c4cccc(OCc5ccc(Cl)cc5F)n4)CC3)[nH]c2c1.C[C@@H]1CCO1.O=Cc1ccc2[nH]ccc2c1. The Hall–Kier alpha value is -5.03. The van der Waals surface area contributed by atoms with Gasteiger partial charge in [-0.3, -0.25) is 9.69 Å². The third kappa shape index (κ3) is 9.15. The number of ether oxygens (including phenoxy) is 2. The van der Waals surface area contributed by atoms with Gasteiger partial charge in [0.25, 0.3) is 0 Å². The Labute approximate surface area is 295 Å². The maximum absolute atomic E-state index is 14.0. The van der Waals surface area contributed by atoms with Gasteiger partial charge in [-0.25, -0.2) is 14.4 Å². The average molecular weight is 695 g/mol. The number of carbonyl (C=O) groups is 1. The minimum Gasteiger partial charge on any atom is -0.473 e. The van der Waals surface area contributed by atoms with Gasteiger partial charge in [0.15, 0.2) is 0 Å². The molecule has 2 aliphatic heterocycles. The van der Waals surface area contributed by atoms with Crippen molar-refractivity contribution >= 4 is 51.1 Å². The Morgan fingerprint density at radius 2 is 1.94 bits per heavy atom. The largest absolute Gasteiger partial charge is 0.473 e. The molecule has 11 heteroatoms. The molecular formula is C39H40ClFN6O3. The van der Waals surface area contributed by atoms with E-state index < -0.39 is 0 Å². The lowest BCUT2D eigenvalue weighted by Crippen LogP contribution is -2.28. The lowest BCUT2D eigenvalue weighted by Gasteiger charge is -2.25. The van der Waals surface area contributed by atoms with Gasteiger partial charge in [-0.1, -0.05) is 29.8 Å². The number of benzene rings is 3. The van der Waals surface area contributed by atoms with Crippen molar-refractivity contribution in [3.8, 4) is 5.88 Å². The average Bonchev–Trinajstić information content (AvgIpc) is 3.77. The second-order valence-electron chi connectivity index (χ2n) is 12.2. The number of carbonyl (C=O) groups excluding carboxylic acids is 1. The lowest BCUT2D eigenvalue weighted by atomic mass is 10.0. The van der Waals surface area contributed by atoms with Crippen LogP contribution >= 0.6 is 11.6 Å². The predicted molar refractivity (Wildman–Crippen MR) is 197 cm³/mol. The Kier molecular flexibility index (Phi) is 11.5. The summed E-state index contributed by atoms with van der Waals surface area (Å²) in [5.41, 5.74) is 7.37. The van der Waals surface area contributed by atoms with E-state index in [4.69, 9.17) is 26.1 Å². The molecule has 1 saturated heterocycles. The number of aromatic nitrogens is 4. The summed E-state index contributed by atoms with van der Waals surface area (Å²) in [6.07, 6.45) is 7.63. The second-order valence-corrected chi connectivity index (χ2v) is 12.6. The van der Waals surface area contributed by atoms with Gasteiger partial charge in [-0.05, 0) is 86.0 Å². The maximum Gasteiger partial charge on any atom is 0.214 e. The first-order chi connectivity index (χ1) is 24.4. The molecule has 0 bridgehead atoms. The zero-order chi connectivity index (χ0) is 34.9. The zero-order valence-corrected chi connectivity index (χ0v) is 28.8. The van der Waals surface area contributed by atoms with E-state index in [-0.39, 0.29) is 12.4 Å². The van der Waals surface area contributed by atoms with Gasteiger partial charge in [-0.2, -0.15) is 0 Å². The number of nitrogens with one attached hydrogen (secondary N) is 3. The first-order valence-electron chi connectivity index (χ1n) is 16.6. The molecule has 5 heterocycles. The molecule has 3 N–H and O–H groups in total. The molecule has 1 atom stereocenters. The van der Waals surface area contributed by atoms with Crippen molar-refractivity contribution in [3.05, 3.63) is 125 Å². The van der Waals surface area contributed by atoms with Crippen LogP contribution in [0.2, 0.25) is 5.02 Å². The van der Waals surface area contributed by atoms with Gasteiger partial charge < -0.3 is 24.8 Å². The quantitative estimate of drug-likeness (QED) is 0.137. The molecule has 0 spiro atoms. The monoisotopic (exact) mass is 694 g/mol. The zero-order valence-electron chi connectivity index (χ0n) is 28.1. The van der Waals surface area contributed by atoms with E-state index in [1.54, 1.807) is 24.3 Å². The molecule has 3 aromatic carbocycles. The number of imidazole rings is 1. The van der Waals surface area contributed by atoms with Crippen molar-refractivity contribution in [2.75, 3.05) is 32.1 Å². The molecule has 3 aromatic heterocycles. The Morgan fingerprint density at radius 1 is 1.08 bits per heavy atom. The molecule has 1 fully saturated rings. The van der Waals surface area contributed by atoms with Crippen molar-refractivity contribution < 1.29 is 18.7 Å². The van der Waals surface area contributed by atoms with Crippen molar-refractivity contribution in [1.82, 2.24) is 24.8 Å². The Balaban J connectivity index is 0.000000220. The van der Waals surface area contributed by atoms with Gasteiger partial charge in [-0.15, -0.1) is 0 Å². The minimum atomic E-state index is -0.384. The number of halogens is 2. The van der Waals surface area contributed by atoms with Crippen LogP contribution in [0.15, 0.2) is 91.1 Å². The fraction of sp³-hybridized carbons (Fsp3) is 0.256. The molecule has 8 rings (SSSR count). The number of pyridine rings is 1. The predicted octanol–water partition coefficient (Wildman–Crippen LogP) is 8.44. The summed E-state index contributed by atoms with van der Waals surface area (Å²) in [5, 5.41) is 4.59. The molecule has 0 amide bonds. The molecule has 0 saturated carbocycles. The summed E-state index contributed by atoms with van der Waals surface area (Å²) < 4.78 is 24.7. The van der Waals surface area contributed by atoms with Crippen molar-refractivity contribution in [2.24, 2.45) is 0 Å². The summed E-state index contributed by atoms with van der Waals surface area (Å²) in [6.45, 7) is 5.66. The minimum absolute atomic E-state index is 0.0968. The normalized spacial score (nSPS) is 15.6. The van der Waals surface area contributed by atoms with E-state index in [2.05, 4.69) is 44.2 Å². The van der Waals surface area contributed by atoms with Gasteiger partial charge in [0.2, 0.25) is 5.88 Å². The number of aldehydes is 1. The maximum atomic E-state index is 14.0. The van der Waals surface area contributed by atoms with Crippen LogP contribution in [0.4, 0.5) is 10.1 Å². The van der Waals surface area contributed by atoms with E-state index in [0.717, 1.165) is 83.7 Å². The highest BCUT2D eigenvalue weighted by Gasteiger charge is 2.16. The van der Waals surface area contributed by atoms with Crippen molar-refractivity contribution in [2.45, 2.75) is 39.0 Å². The lowest BCUT2D eigenvalue weighted by molar-refractivity contribution is -0.0375. The standard InChI is InChI=1S/C26H25ClFN5O.C9H7NO.C4H8O/c1-29-20-7-8-23-24(14-20)31-25(30-23)15-33-11-9-17(10-12-33)22-3-2-4-26(32-22)34-16-18-5-6-19(27)13-21(18)28;11-6-7-1-2-9-8(5-7)3-4-10-9;1-4-2-3-5-4/h2-9,13-14,29H,10-12,15-16H2,1H3,(H,30,31);1-6,10H;4H,2-3H2,1H3/t;;4-/m..1/s1. The number of rotatable bonds is 8. The molecule has 0 radical (unpaired) electrons. The van der Waals surface area contributed by atoms with Crippen LogP contribution in [-0.2, 0) is 17.9 Å². The van der Waals surface area contributed by atoms with Crippen molar-refractivity contribution in [1.29, 1.82) is 0 Å². The fourth-order valence-electron chi connectivity index (χ4n) is 5.56. The molecule has 0 aliphatic carbocycles. The molecule has 0 unspecified atom stereocenters. The van der Waals surface area contributed by atoms with Crippen LogP contribution in [0.25, 0.3) is 27.5 Å². The van der Waals surface area contributed by atoms with Gasteiger partial charge in [0, 0.05) is 71.7 Å². The van der Waals surface area contributed by atoms with Crippen LogP contribution in [-0.4, -0.2) is 64.0 Å². The third-order valence-corrected chi connectivity index (χ3v) is 8.80. The third-order valence-electron chi connectivity index (χ3n) is 8.57. The van der Waals surface area contributed by atoms with E-state index >= 15 is 0 Å². The fourth-order valence-corrected chi connectivity index (χ4v) is 5.71. The highest BCUT2D eigenvalue weighted by molar-refractivity contribution is 6.30. The van der Waals surface area contributed by atoms with Crippen LogP contribution in [0.3, 0.4) is 0 Å².